The molecule has 112 valence electrons. The normalized spacial score (nSPS) is 18.3. The zero-order valence-corrected chi connectivity index (χ0v) is 14.6. The average Bonchev–Trinajstić information content (AvgIpc) is 2.99. The van der Waals surface area contributed by atoms with Crippen LogP contribution in [0.3, 0.4) is 0 Å². The van der Waals surface area contributed by atoms with Crippen molar-refractivity contribution in [1.82, 2.24) is 4.98 Å². The van der Waals surface area contributed by atoms with Gasteiger partial charge in [0.05, 0.1) is 5.57 Å². The van der Waals surface area contributed by atoms with E-state index < -0.39 is 0 Å². The van der Waals surface area contributed by atoms with Gasteiger partial charge in [-0.2, -0.15) is 0 Å². The van der Waals surface area contributed by atoms with Crippen LogP contribution in [-0.2, 0) is 17.6 Å². The predicted molar refractivity (Wildman–Crippen MR) is 97.8 cm³/mol. The van der Waals surface area contributed by atoms with Crippen molar-refractivity contribution in [2.45, 2.75) is 32.6 Å². The fraction of sp³-hybridized carbons (Fsp3) is 0.278. The first kappa shape index (κ1) is 14.1. The molecule has 2 aromatic rings. The van der Waals surface area contributed by atoms with Crippen LogP contribution in [0.1, 0.15) is 40.9 Å². The number of nitrogens with one attached hydrogen (secondary N) is 2. The molecule has 4 rings (SSSR count). The number of carbonyl (C=O) groups is 1. The summed E-state index contributed by atoms with van der Waals surface area (Å²) in [5, 5.41) is 2.95. The number of fused-ring (bicyclic) bond motifs is 2. The SMILES string of the molecule is Cc1c(C=C2C(=O)Nc3ccc(I)cc32)[nH]c2c1CCCC2. The second-order valence-corrected chi connectivity index (χ2v) is 7.28. The Bertz CT molecular complexity index is 817. The molecular formula is C18H17IN2O. The molecule has 2 heterocycles. The van der Waals surface area contributed by atoms with Crippen molar-refractivity contribution in [2.75, 3.05) is 5.32 Å². The Balaban J connectivity index is 1.83. The van der Waals surface area contributed by atoms with Gasteiger partial charge < -0.3 is 10.3 Å². The summed E-state index contributed by atoms with van der Waals surface area (Å²) in [7, 11) is 0. The Morgan fingerprint density at radius 1 is 1.23 bits per heavy atom. The third-order valence-corrected chi connectivity index (χ3v) is 5.33. The first-order valence-electron chi connectivity index (χ1n) is 7.67. The van der Waals surface area contributed by atoms with Crippen LogP contribution in [0.25, 0.3) is 11.6 Å². The summed E-state index contributed by atoms with van der Waals surface area (Å²) in [5.41, 5.74) is 7.87. The molecule has 2 N–H and O–H groups in total. The largest absolute Gasteiger partial charge is 0.358 e. The summed E-state index contributed by atoms with van der Waals surface area (Å²) in [6.45, 7) is 2.16. The zero-order valence-electron chi connectivity index (χ0n) is 12.4. The number of hydrogen-bond acceptors (Lipinski definition) is 1. The van der Waals surface area contributed by atoms with Gasteiger partial charge in [-0.1, -0.05) is 0 Å². The lowest BCUT2D eigenvalue weighted by molar-refractivity contribution is -0.110. The number of rotatable bonds is 1. The van der Waals surface area contributed by atoms with Gasteiger partial charge in [0, 0.05) is 26.2 Å². The molecule has 3 nitrogen and oxygen atoms in total. The van der Waals surface area contributed by atoms with Gasteiger partial charge in [0.2, 0.25) is 0 Å². The van der Waals surface area contributed by atoms with Crippen LogP contribution in [0, 0.1) is 10.5 Å². The summed E-state index contributed by atoms with van der Waals surface area (Å²) in [6.07, 6.45) is 6.82. The number of anilines is 1. The molecule has 0 unspecified atom stereocenters. The van der Waals surface area contributed by atoms with E-state index in [1.165, 1.54) is 29.7 Å². The van der Waals surface area contributed by atoms with E-state index in [1.54, 1.807) is 0 Å². The Kier molecular flexibility index (Phi) is 3.36. The molecule has 0 radical (unpaired) electrons. The number of aromatic nitrogens is 1. The molecule has 1 amide bonds. The van der Waals surface area contributed by atoms with Gasteiger partial charge in [-0.05, 0) is 90.6 Å². The summed E-state index contributed by atoms with van der Waals surface area (Å²) >= 11 is 2.28. The van der Waals surface area contributed by atoms with E-state index in [1.807, 2.05) is 18.2 Å². The molecule has 1 aliphatic carbocycles. The van der Waals surface area contributed by atoms with Crippen LogP contribution in [0.15, 0.2) is 18.2 Å². The van der Waals surface area contributed by atoms with Crippen molar-refractivity contribution in [2.24, 2.45) is 0 Å². The number of H-pyrrole nitrogens is 1. The molecule has 0 spiro atoms. The van der Waals surface area contributed by atoms with Gasteiger partial charge in [0.25, 0.3) is 5.91 Å². The minimum atomic E-state index is -0.0102. The Morgan fingerprint density at radius 2 is 2.05 bits per heavy atom. The van der Waals surface area contributed by atoms with E-state index in [4.69, 9.17) is 0 Å². The van der Waals surface area contributed by atoms with E-state index in [0.29, 0.717) is 0 Å². The second-order valence-electron chi connectivity index (χ2n) is 6.03. The summed E-state index contributed by atoms with van der Waals surface area (Å²) < 4.78 is 1.14. The molecule has 0 saturated carbocycles. The van der Waals surface area contributed by atoms with Crippen LogP contribution in [0.4, 0.5) is 5.69 Å². The number of halogens is 1. The first-order chi connectivity index (χ1) is 10.6. The zero-order chi connectivity index (χ0) is 15.3. The second kappa shape index (κ2) is 5.26. The fourth-order valence-electron chi connectivity index (χ4n) is 3.47. The highest BCUT2D eigenvalue weighted by Gasteiger charge is 2.25. The van der Waals surface area contributed by atoms with E-state index >= 15 is 0 Å². The van der Waals surface area contributed by atoms with E-state index in [9.17, 15) is 4.79 Å². The molecule has 0 bridgehead atoms. The van der Waals surface area contributed by atoms with E-state index in [-0.39, 0.29) is 5.91 Å². The van der Waals surface area contributed by atoms with E-state index in [0.717, 1.165) is 38.9 Å². The lowest BCUT2D eigenvalue weighted by atomic mass is 9.95. The molecule has 22 heavy (non-hydrogen) atoms. The highest BCUT2D eigenvalue weighted by atomic mass is 127. The van der Waals surface area contributed by atoms with Gasteiger partial charge in [0.1, 0.15) is 0 Å². The smallest absolute Gasteiger partial charge is 0.256 e. The monoisotopic (exact) mass is 404 g/mol. The third kappa shape index (κ3) is 2.20. The molecule has 1 aliphatic heterocycles. The fourth-order valence-corrected chi connectivity index (χ4v) is 3.96. The first-order valence-corrected chi connectivity index (χ1v) is 8.74. The Morgan fingerprint density at radius 3 is 2.86 bits per heavy atom. The van der Waals surface area contributed by atoms with Crippen molar-refractivity contribution < 1.29 is 4.79 Å². The molecule has 2 aliphatic rings. The summed E-state index contributed by atoms with van der Waals surface area (Å²) in [5.74, 6) is -0.0102. The number of aryl methyl sites for hydroxylation is 1. The quantitative estimate of drug-likeness (QED) is 0.541. The predicted octanol–water partition coefficient (Wildman–Crippen LogP) is 4.30. The standard InChI is InChI=1S/C18H17IN2O/c1-10-12-4-2-3-5-15(12)20-17(10)9-14-13-8-11(19)6-7-16(13)21-18(14)22/h6-9,20H,2-5H2,1H3,(H,21,22). The van der Waals surface area contributed by atoms with Crippen molar-refractivity contribution in [3.63, 3.8) is 0 Å². The molecular weight excluding hydrogens is 387 g/mol. The van der Waals surface area contributed by atoms with Crippen LogP contribution in [-0.4, -0.2) is 10.9 Å². The maximum atomic E-state index is 12.3. The summed E-state index contributed by atoms with van der Waals surface area (Å²) in [4.78, 5) is 15.8. The maximum Gasteiger partial charge on any atom is 0.256 e. The van der Waals surface area contributed by atoms with Crippen LogP contribution >= 0.6 is 22.6 Å². The average molecular weight is 404 g/mol. The van der Waals surface area contributed by atoms with Gasteiger partial charge in [0.15, 0.2) is 0 Å². The highest BCUT2D eigenvalue weighted by Crippen LogP contribution is 2.35. The number of carbonyl (C=O) groups excluding carboxylic acids is 1. The lowest BCUT2D eigenvalue weighted by Gasteiger charge is -2.10. The summed E-state index contributed by atoms with van der Waals surface area (Å²) in [6, 6.07) is 6.06. The van der Waals surface area contributed by atoms with E-state index in [2.05, 4.69) is 45.9 Å². The number of aromatic amines is 1. The van der Waals surface area contributed by atoms with Crippen LogP contribution in [0.5, 0.6) is 0 Å². The van der Waals surface area contributed by atoms with Gasteiger partial charge in [-0.15, -0.1) is 0 Å². The lowest BCUT2D eigenvalue weighted by Crippen LogP contribution is -2.03. The maximum absolute atomic E-state index is 12.3. The molecule has 0 atom stereocenters. The molecule has 0 saturated heterocycles. The van der Waals surface area contributed by atoms with Crippen molar-refractivity contribution in [1.29, 1.82) is 0 Å². The van der Waals surface area contributed by atoms with Crippen molar-refractivity contribution >= 4 is 45.8 Å². The number of amides is 1. The van der Waals surface area contributed by atoms with Gasteiger partial charge in [-0.25, -0.2) is 0 Å². The van der Waals surface area contributed by atoms with Gasteiger partial charge in [-0.3, -0.25) is 4.79 Å². The number of benzene rings is 1. The van der Waals surface area contributed by atoms with Crippen molar-refractivity contribution in [3.05, 3.63) is 49.8 Å². The Labute approximate surface area is 143 Å². The molecule has 1 aromatic heterocycles. The minimum absolute atomic E-state index is 0.0102. The minimum Gasteiger partial charge on any atom is -0.358 e. The van der Waals surface area contributed by atoms with Crippen LogP contribution in [0.2, 0.25) is 0 Å². The topological polar surface area (TPSA) is 44.9 Å². The van der Waals surface area contributed by atoms with Crippen LogP contribution < -0.4 is 5.32 Å². The molecule has 1 aromatic carbocycles. The molecule has 4 heteroatoms. The highest BCUT2D eigenvalue weighted by molar-refractivity contribution is 14.1. The molecule has 0 fully saturated rings. The Hall–Kier alpha value is -1.56. The van der Waals surface area contributed by atoms with Crippen molar-refractivity contribution in [3.8, 4) is 0 Å². The van der Waals surface area contributed by atoms with Gasteiger partial charge >= 0.3 is 0 Å². The third-order valence-electron chi connectivity index (χ3n) is 4.66. The number of hydrogen-bond donors (Lipinski definition) is 2.